The van der Waals surface area contributed by atoms with Crippen LogP contribution in [0.15, 0.2) is 18.3 Å². The Labute approximate surface area is 94.2 Å². The maximum Gasteiger partial charge on any atom is 0.160 e. The monoisotopic (exact) mass is 220 g/mol. The summed E-state index contributed by atoms with van der Waals surface area (Å²) in [6, 6.07) is 3.70. The summed E-state index contributed by atoms with van der Waals surface area (Å²) in [6.45, 7) is 3.51. The fourth-order valence-electron chi connectivity index (χ4n) is 1.60. The lowest BCUT2D eigenvalue weighted by Crippen LogP contribution is -2.00. The highest BCUT2D eigenvalue weighted by Gasteiger charge is 2.04. The summed E-state index contributed by atoms with van der Waals surface area (Å²) in [7, 11) is 0. The Morgan fingerprint density at radius 1 is 1.38 bits per heavy atom. The molecule has 16 heavy (non-hydrogen) atoms. The topological polar surface area (TPSA) is 65.4 Å². The minimum Gasteiger partial charge on any atom is -0.398 e. The normalized spacial score (nSPS) is 11.1. The van der Waals surface area contributed by atoms with E-state index >= 15 is 0 Å². The number of hydrogen-bond donors (Lipinski definition) is 1. The third-order valence-corrected chi connectivity index (χ3v) is 2.39. The minimum absolute atomic E-state index is 0.721. The Bertz CT molecular complexity index is 466. The van der Waals surface area contributed by atoms with Crippen LogP contribution >= 0.6 is 0 Å². The number of ether oxygens (including phenoxy) is 1. The molecule has 86 valence electrons. The molecule has 0 spiro atoms. The van der Waals surface area contributed by atoms with Gasteiger partial charge in [0, 0.05) is 31.5 Å². The van der Waals surface area contributed by atoms with Gasteiger partial charge < -0.3 is 10.5 Å². The van der Waals surface area contributed by atoms with Crippen molar-refractivity contribution >= 4 is 11.3 Å². The van der Waals surface area contributed by atoms with E-state index in [1.165, 1.54) is 0 Å². The summed E-state index contributed by atoms with van der Waals surface area (Å²) in [5.41, 5.74) is 7.28. The van der Waals surface area contributed by atoms with Crippen molar-refractivity contribution in [2.24, 2.45) is 0 Å². The van der Waals surface area contributed by atoms with Gasteiger partial charge in [-0.2, -0.15) is 0 Å². The van der Waals surface area contributed by atoms with Gasteiger partial charge in [-0.05, 0) is 25.5 Å². The lowest BCUT2D eigenvalue weighted by atomic mass is 10.3. The highest BCUT2D eigenvalue weighted by Crippen LogP contribution is 2.09. The lowest BCUT2D eigenvalue weighted by molar-refractivity contribution is 0.145. The van der Waals surface area contributed by atoms with Gasteiger partial charge in [-0.3, -0.25) is 4.40 Å². The number of nitrogen functional groups attached to an aromatic ring is 1. The zero-order valence-corrected chi connectivity index (χ0v) is 9.39. The average molecular weight is 220 g/mol. The average Bonchev–Trinajstić information content (AvgIpc) is 2.67. The van der Waals surface area contributed by atoms with Gasteiger partial charge in [0.05, 0.1) is 0 Å². The third-order valence-electron chi connectivity index (χ3n) is 2.39. The largest absolute Gasteiger partial charge is 0.398 e. The van der Waals surface area contributed by atoms with E-state index in [4.69, 9.17) is 10.5 Å². The molecule has 2 aromatic heterocycles. The zero-order chi connectivity index (χ0) is 11.4. The van der Waals surface area contributed by atoms with Crippen molar-refractivity contribution < 1.29 is 4.74 Å². The molecule has 5 nitrogen and oxygen atoms in total. The predicted octanol–water partition coefficient (Wildman–Crippen LogP) is 1.28. The van der Waals surface area contributed by atoms with Crippen LogP contribution in [-0.2, 0) is 11.2 Å². The third kappa shape index (κ3) is 2.30. The van der Waals surface area contributed by atoms with Crippen LogP contribution in [0.2, 0.25) is 0 Å². The van der Waals surface area contributed by atoms with Crippen molar-refractivity contribution in [2.45, 2.75) is 19.8 Å². The van der Waals surface area contributed by atoms with Crippen LogP contribution in [0.5, 0.6) is 0 Å². The first-order valence-corrected chi connectivity index (χ1v) is 5.48. The maximum absolute atomic E-state index is 5.73. The van der Waals surface area contributed by atoms with E-state index in [1.807, 2.05) is 29.7 Å². The van der Waals surface area contributed by atoms with Crippen LogP contribution in [0.1, 0.15) is 19.2 Å². The predicted molar refractivity (Wildman–Crippen MR) is 62.2 cm³/mol. The van der Waals surface area contributed by atoms with E-state index in [2.05, 4.69) is 10.2 Å². The van der Waals surface area contributed by atoms with E-state index < -0.39 is 0 Å². The van der Waals surface area contributed by atoms with Gasteiger partial charge in [0.15, 0.2) is 5.65 Å². The van der Waals surface area contributed by atoms with Gasteiger partial charge in [-0.1, -0.05) is 0 Å². The Morgan fingerprint density at radius 3 is 3.06 bits per heavy atom. The van der Waals surface area contributed by atoms with Crippen molar-refractivity contribution in [3.63, 3.8) is 0 Å². The molecule has 2 rings (SSSR count). The fraction of sp³-hybridized carbons (Fsp3) is 0.455. The molecule has 0 atom stereocenters. The SMILES string of the molecule is CCOCCCc1nnc2ccc(N)cn12. The molecule has 5 heteroatoms. The number of aromatic nitrogens is 3. The Hall–Kier alpha value is -1.62. The number of pyridine rings is 1. The Balaban J connectivity index is 2.09. The molecule has 2 N–H and O–H groups in total. The molecule has 0 bridgehead atoms. The molecule has 2 aromatic rings. The number of rotatable bonds is 5. The van der Waals surface area contributed by atoms with Gasteiger partial charge in [0.2, 0.25) is 0 Å². The van der Waals surface area contributed by atoms with Crippen LogP contribution in [0.25, 0.3) is 5.65 Å². The first-order valence-electron chi connectivity index (χ1n) is 5.48. The van der Waals surface area contributed by atoms with Crippen LogP contribution in [0, 0.1) is 0 Å². The second kappa shape index (κ2) is 4.94. The summed E-state index contributed by atoms with van der Waals surface area (Å²) in [5, 5.41) is 8.21. The molecule has 0 fully saturated rings. The van der Waals surface area contributed by atoms with Crippen LogP contribution < -0.4 is 5.73 Å². The van der Waals surface area contributed by atoms with Gasteiger partial charge in [0.25, 0.3) is 0 Å². The molecule has 0 amide bonds. The van der Waals surface area contributed by atoms with Gasteiger partial charge in [-0.15, -0.1) is 10.2 Å². The standard InChI is InChI=1S/C11H16N4O/c1-2-16-7-3-4-10-13-14-11-6-5-9(12)8-15(10)11/h5-6,8H,2-4,7,12H2,1H3. The zero-order valence-electron chi connectivity index (χ0n) is 9.39. The van der Waals surface area contributed by atoms with Crippen molar-refractivity contribution in [3.05, 3.63) is 24.2 Å². The summed E-state index contributed by atoms with van der Waals surface area (Å²) in [4.78, 5) is 0. The van der Waals surface area contributed by atoms with Gasteiger partial charge in [-0.25, -0.2) is 0 Å². The summed E-state index contributed by atoms with van der Waals surface area (Å²) >= 11 is 0. The summed E-state index contributed by atoms with van der Waals surface area (Å²) < 4.78 is 7.22. The van der Waals surface area contributed by atoms with E-state index in [9.17, 15) is 0 Å². The molecule has 0 aliphatic carbocycles. The number of hydrogen-bond acceptors (Lipinski definition) is 4. The Kier molecular flexibility index (Phi) is 3.36. The molecule has 2 heterocycles. The van der Waals surface area contributed by atoms with Crippen LogP contribution in [-0.4, -0.2) is 27.8 Å². The fourth-order valence-corrected chi connectivity index (χ4v) is 1.60. The summed E-state index contributed by atoms with van der Waals surface area (Å²) in [6.07, 6.45) is 3.65. The molecule has 0 radical (unpaired) electrons. The quantitative estimate of drug-likeness (QED) is 0.771. The molecule has 0 saturated carbocycles. The number of nitrogens with two attached hydrogens (primary N) is 1. The first kappa shape index (κ1) is 10.9. The highest BCUT2D eigenvalue weighted by molar-refractivity contribution is 5.47. The van der Waals surface area contributed by atoms with E-state index in [0.29, 0.717) is 0 Å². The van der Waals surface area contributed by atoms with Gasteiger partial charge >= 0.3 is 0 Å². The molecular weight excluding hydrogens is 204 g/mol. The van der Waals surface area contributed by atoms with Crippen molar-refractivity contribution in [2.75, 3.05) is 18.9 Å². The van der Waals surface area contributed by atoms with Crippen molar-refractivity contribution in [3.8, 4) is 0 Å². The molecular formula is C11H16N4O. The van der Waals surface area contributed by atoms with E-state index in [-0.39, 0.29) is 0 Å². The van der Waals surface area contributed by atoms with Crippen molar-refractivity contribution in [1.29, 1.82) is 0 Å². The highest BCUT2D eigenvalue weighted by atomic mass is 16.5. The number of anilines is 1. The molecule has 0 aliphatic rings. The number of aryl methyl sites for hydroxylation is 1. The number of nitrogens with zero attached hydrogens (tertiary/aromatic N) is 3. The second-order valence-electron chi connectivity index (χ2n) is 3.61. The van der Waals surface area contributed by atoms with E-state index in [0.717, 1.165) is 43.2 Å². The van der Waals surface area contributed by atoms with Crippen molar-refractivity contribution in [1.82, 2.24) is 14.6 Å². The first-order chi connectivity index (χ1) is 7.81. The molecule has 0 aliphatic heterocycles. The van der Waals surface area contributed by atoms with Gasteiger partial charge in [0.1, 0.15) is 5.82 Å². The number of fused-ring (bicyclic) bond motifs is 1. The smallest absolute Gasteiger partial charge is 0.160 e. The molecule has 0 unspecified atom stereocenters. The lowest BCUT2D eigenvalue weighted by Gasteiger charge is -2.01. The molecule has 0 saturated heterocycles. The minimum atomic E-state index is 0.721. The maximum atomic E-state index is 5.73. The second-order valence-corrected chi connectivity index (χ2v) is 3.61. The molecule has 0 aromatic carbocycles. The summed E-state index contributed by atoms with van der Waals surface area (Å²) in [5.74, 6) is 0.932. The Morgan fingerprint density at radius 2 is 2.25 bits per heavy atom. The van der Waals surface area contributed by atoms with E-state index in [1.54, 1.807) is 0 Å². The van der Waals surface area contributed by atoms with Crippen LogP contribution in [0.4, 0.5) is 5.69 Å². The van der Waals surface area contributed by atoms with Crippen LogP contribution in [0.3, 0.4) is 0 Å².